The van der Waals surface area contributed by atoms with Gasteiger partial charge in [0.2, 0.25) is 0 Å². The summed E-state index contributed by atoms with van der Waals surface area (Å²) >= 11 is -0.803. The standard InChI is InChI=1S/As5FH4O/c1-2-3-4-5(6)7/h2,5H,1H2. The van der Waals surface area contributed by atoms with Gasteiger partial charge in [-0.25, -0.2) is 0 Å². The molecule has 0 aromatic heterocycles. The molecular formula is H4As5FO. The van der Waals surface area contributed by atoms with Gasteiger partial charge >= 0.3 is 68.8 Å². The zero-order valence-electron chi connectivity index (χ0n) is 3.26. The second kappa shape index (κ2) is 6.64. The van der Waals surface area contributed by atoms with Crippen LogP contribution in [0.1, 0.15) is 0 Å². The second-order valence-electron chi connectivity index (χ2n) is 0.582. The van der Waals surface area contributed by atoms with Gasteiger partial charge in [0, 0.05) is 0 Å². The van der Waals surface area contributed by atoms with Crippen molar-refractivity contribution < 1.29 is 7.21 Å². The fourth-order valence-corrected chi connectivity index (χ4v) is 138. The minimum absolute atomic E-state index is 0.202. The van der Waals surface area contributed by atoms with Gasteiger partial charge in [0.05, 0.1) is 0 Å². The van der Waals surface area contributed by atoms with Gasteiger partial charge in [-0.1, -0.05) is 0 Å². The second-order valence-corrected chi connectivity index (χ2v) is 51.3. The van der Waals surface area contributed by atoms with E-state index in [2.05, 4.69) is 0 Å². The quantitative estimate of drug-likeness (QED) is 0.451. The molecule has 0 radical (unpaired) electrons. The van der Waals surface area contributed by atoms with Crippen molar-refractivity contribution in [3.63, 3.8) is 0 Å². The van der Waals surface area contributed by atoms with Crippen LogP contribution in [-0.2, 0) is 3.74 Å². The van der Waals surface area contributed by atoms with Crippen molar-refractivity contribution >= 4 is 61.5 Å². The van der Waals surface area contributed by atoms with Crippen molar-refractivity contribution in [1.82, 2.24) is 0 Å². The topological polar surface area (TPSA) is 17.1 Å². The average molecular weight is 414 g/mol. The molecule has 42 valence electrons. The molecule has 0 N–H and O–H groups in total. The summed E-state index contributed by atoms with van der Waals surface area (Å²) in [5.41, 5.74) is 0. The third-order valence-electron chi connectivity index (χ3n) is 0.186. The van der Waals surface area contributed by atoms with Gasteiger partial charge in [-0.15, -0.1) is 0 Å². The van der Waals surface area contributed by atoms with Crippen molar-refractivity contribution in [2.24, 2.45) is 0 Å². The predicted octanol–water partition coefficient (Wildman–Crippen LogP) is -2.67. The van der Waals surface area contributed by atoms with Crippen LogP contribution in [0.4, 0.5) is 3.47 Å². The summed E-state index contributed by atoms with van der Waals surface area (Å²) in [5.74, 6) is 0. The van der Waals surface area contributed by atoms with Crippen LogP contribution in [0, 0.1) is 0 Å². The van der Waals surface area contributed by atoms with E-state index in [1.165, 1.54) is 0 Å². The molecule has 0 aliphatic carbocycles. The Morgan fingerprint density at radius 1 is 1.86 bits per heavy atom. The molecule has 0 saturated carbocycles. The van der Waals surface area contributed by atoms with E-state index in [1.54, 1.807) is 14.8 Å². The number of hydrogen-bond donors (Lipinski definition) is 0. The Balaban J connectivity index is 3.26. The maximum atomic E-state index is 11.6. The Labute approximate surface area is 67.6 Å². The molecule has 3 unspecified atom stereocenters. The van der Waals surface area contributed by atoms with Crippen molar-refractivity contribution in [3.05, 3.63) is 0 Å². The van der Waals surface area contributed by atoms with E-state index >= 15 is 0 Å². The van der Waals surface area contributed by atoms with Gasteiger partial charge in [-0.2, -0.15) is 0 Å². The molecule has 0 rings (SSSR count). The molecule has 0 aromatic carbocycles. The summed E-state index contributed by atoms with van der Waals surface area (Å²) in [6, 6.07) is 0. The molecule has 0 fully saturated rings. The van der Waals surface area contributed by atoms with E-state index in [0.29, 0.717) is 11.1 Å². The third kappa shape index (κ3) is 8.52. The molecule has 3 atom stereocenters. The van der Waals surface area contributed by atoms with Crippen LogP contribution >= 0.6 is 0 Å². The maximum absolute atomic E-state index is 11.6. The van der Waals surface area contributed by atoms with Crippen LogP contribution in [0.25, 0.3) is 0 Å². The Kier molecular flexibility index (Phi) is 9.03. The minimum atomic E-state index is -2.98. The fraction of sp³-hybridized carbons (Fsp3) is 0. The van der Waals surface area contributed by atoms with Gasteiger partial charge in [-0.3, -0.25) is 0 Å². The van der Waals surface area contributed by atoms with Crippen LogP contribution in [0.3, 0.4) is 0 Å². The number of rotatable bonds is 2. The van der Waals surface area contributed by atoms with Gasteiger partial charge < -0.3 is 0 Å². The van der Waals surface area contributed by atoms with E-state index in [0.717, 1.165) is 0 Å². The van der Waals surface area contributed by atoms with Crippen LogP contribution in [0.2, 0.25) is 0 Å². The molecule has 0 aliphatic rings. The molecule has 0 saturated heterocycles. The van der Waals surface area contributed by atoms with E-state index < -0.39 is 13.0 Å². The SMILES string of the molecule is O=[AsH](F)[As]=[As][AsH][AsH2]. The van der Waals surface area contributed by atoms with E-state index in [1.807, 2.05) is 0 Å². The molecule has 0 aromatic rings. The van der Waals surface area contributed by atoms with Gasteiger partial charge in [0.15, 0.2) is 0 Å². The Morgan fingerprint density at radius 2 is 2.43 bits per heavy atom. The number of hydrogen-bond acceptors (Lipinski definition) is 1. The summed E-state index contributed by atoms with van der Waals surface area (Å²) in [5, 5.41) is 0. The van der Waals surface area contributed by atoms with Crippen molar-refractivity contribution in [1.29, 1.82) is 0 Å². The first kappa shape index (κ1) is 9.52. The first-order chi connectivity index (χ1) is 3.27. The molecule has 0 spiro atoms. The molecule has 7 heavy (non-hydrogen) atoms. The molecule has 1 nitrogen and oxygen atoms in total. The first-order valence-electron chi connectivity index (χ1n) is 1.33. The summed E-state index contributed by atoms with van der Waals surface area (Å²) in [6.07, 6.45) is 0. The first-order valence-corrected chi connectivity index (χ1v) is 27.3. The van der Waals surface area contributed by atoms with E-state index in [4.69, 9.17) is 0 Å². The predicted molar refractivity (Wildman–Crippen MR) is 36.1 cm³/mol. The fourth-order valence-electron chi connectivity index (χ4n) is 0.0682. The molecule has 0 amide bonds. The van der Waals surface area contributed by atoms with Crippen LogP contribution in [-0.4, -0.2) is 61.5 Å². The third-order valence-corrected chi connectivity index (χ3v) is 89.6. The van der Waals surface area contributed by atoms with Gasteiger partial charge in [-0.05, 0) is 0 Å². The molecule has 0 aliphatic heterocycles. The van der Waals surface area contributed by atoms with Crippen LogP contribution in [0.15, 0.2) is 0 Å². The normalized spacial score (nSPS) is 16.9. The summed E-state index contributed by atoms with van der Waals surface area (Å²) in [4.78, 5) is 0. The van der Waals surface area contributed by atoms with Crippen LogP contribution < -0.4 is 0 Å². The van der Waals surface area contributed by atoms with E-state index in [-0.39, 0.29) is 22.7 Å². The van der Waals surface area contributed by atoms with Crippen molar-refractivity contribution in [3.8, 4) is 0 Å². The summed E-state index contributed by atoms with van der Waals surface area (Å²) in [7, 11) is 0. The zero-order chi connectivity index (χ0) is 5.70. The molecular weight excluding hydrogens is 410 g/mol. The molecule has 0 bridgehead atoms. The molecule has 0 heterocycles. The van der Waals surface area contributed by atoms with Crippen LogP contribution in [0.5, 0.6) is 0 Å². The number of halogens is 1. The Hall–Kier alpha value is 2.52. The van der Waals surface area contributed by atoms with Gasteiger partial charge in [0.1, 0.15) is 0 Å². The summed E-state index contributed by atoms with van der Waals surface area (Å²) < 4.78 is 21.5. The molecule has 7 heteroatoms. The van der Waals surface area contributed by atoms with E-state index in [9.17, 15) is 7.21 Å². The monoisotopic (exact) mass is 414 g/mol. The zero-order valence-corrected chi connectivity index (χ0v) is 13.6. The van der Waals surface area contributed by atoms with Gasteiger partial charge in [0.25, 0.3) is 0 Å². The Bertz CT molecular complexity index is 86.1. The van der Waals surface area contributed by atoms with Crippen molar-refractivity contribution in [2.45, 2.75) is 0 Å². The Morgan fingerprint density at radius 3 is 2.57 bits per heavy atom. The van der Waals surface area contributed by atoms with Crippen molar-refractivity contribution in [2.75, 3.05) is 0 Å². The summed E-state index contributed by atoms with van der Waals surface area (Å²) in [6.45, 7) is 0. The average Bonchev–Trinajstić information content (AvgIpc) is 1.61.